The Kier molecular flexibility index (Phi) is 6.08. The molecule has 1 fully saturated rings. The SMILES string of the molecule is O=C(CCNC(=O)c1ccc([N+](=O)[O-])cc1)OC1CCCCC1. The largest absolute Gasteiger partial charge is 0.462 e. The molecule has 7 nitrogen and oxygen atoms in total. The van der Waals surface area contributed by atoms with Gasteiger partial charge in [0.05, 0.1) is 11.3 Å². The van der Waals surface area contributed by atoms with Gasteiger partial charge in [-0.1, -0.05) is 6.42 Å². The number of amides is 1. The molecule has 23 heavy (non-hydrogen) atoms. The van der Waals surface area contributed by atoms with Crippen LogP contribution in [0.25, 0.3) is 0 Å². The van der Waals surface area contributed by atoms with Crippen LogP contribution in [-0.4, -0.2) is 29.4 Å². The van der Waals surface area contributed by atoms with E-state index in [9.17, 15) is 19.7 Å². The maximum absolute atomic E-state index is 11.9. The zero-order valence-corrected chi connectivity index (χ0v) is 12.8. The molecule has 0 aliphatic heterocycles. The topological polar surface area (TPSA) is 98.5 Å². The Labute approximate surface area is 134 Å². The lowest BCUT2D eigenvalue weighted by molar-refractivity contribution is -0.384. The summed E-state index contributed by atoms with van der Waals surface area (Å²) in [6.45, 7) is 0.182. The first-order valence-corrected chi connectivity index (χ1v) is 7.78. The van der Waals surface area contributed by atoms with E-state index < -0.39 is 4.92 Å². The Bertz CT molecular complexity index is 564. The van der Waals surface area contributed by atoms with Gasteiger partial charge in [0, 0.05) is 24.2 Å². The number of benzene rings is 1. The highest BCUT2D eigenvalue weighted by Gasteiger charge is 2.17. The number of carbonyl (C=O) groups is 2. The molecule has 7 heteroatoms. The Hall–Kier alpha value is -2.44. The molecular formula is C16H20N2O5. The molecule has 0 atom stereocenters. The third-order valence-electron chi connectivity index (χ3n) is 3.81. The molecule has 1 N–H and O–H groups in total. The van der Waals surface area contributed by atoms with Gasteiger partial charge in [0.2, 0.25) is 0 Å². The molecule has 1 aliphatic carbocycles. The minimum absolute atomic E-state index is 0.0154. The van der Waals surface area contributed by atoms with E-state index in [1.165, 1.54) is 30.7 Å². The Morgan fingerprint density at radius 1 is 1.17 bits per heavy atom. The maximum Gasteiger partial charge on any atom is 0.307 e. The van der Waals surface area contributed by atoms with E-state index >= 15 is 0 Å². The number of hydrogen-bond donors (Lipinski definition) is 1. The van der Waals surface area contributed by atoms with Crippen molar-refractivity contribution in [2.24, 2.45) is 0 Å². The summed E-state index contributed by atoms with van der Waals surface area (Å²) < 4.78 is 5.36. The van der Waals surface area contributed by atoms with Crippen molar-refractivity contribution in [2.75, 3.05) is 6.54 Å². The molecule has 1 aromatic rings. The zero-order valence-electron chi connectivity index (χ0n) is 12.8. The van der Waals surface area contributed by atoms with Crippen molar-refractivity contribution in [3.63, 3.8) is 0 Å². The minimum Gasteiger partial charge on any atom is -0.462 e. The van der Waals surface area contributed by atoms with Gasteiger partial charge in [0.1, 0.15) is 6.10 Å². The second kappa shape index (κ2) is 8.26. The number of rotatable bonds is 6. The summed E-state index contributed by atoms with van der Waals surface area (Å²) in [4.78, 5) is 33.6. The van der Waals surface area contributed by atoms with Crippen LogP contribution in [0.2, 0.25) is 0 Å². The van der Waals surface area contributed by atoms with E-state index in [0.29, 0.717) is 5.56 Å². The summed E-state index contributed by atoms with van der Waals surface area (Å²) in [6, 6.07) is 5.31. The molecule has 1 amide bonds. The summed E-state index contributed by atoms with van der Waals surface area (Å²) in [5.74, 6) is -0.675. The van der Waals surface area contributed by atoms with Crippen LogP contribution < -0.4 is 5.32 Å². The van der Waals surface area contributed by atoms with E-state index in [2.05, 4.69) is 5.32 Å². The molecule has 0 unspecified atom stereocenters. The van der Waals surface area contributed by atoms with Crippen LogP contribution in [0.1, 0.15) is 48.9 Å². The van der Waals surface area contributed by atoms with Gasteiger partial charge in [-0.2, -0.15) is 0 Å². The molecule has 0 radical (unpaired) electrons. The smallest absolute Gasteiger partial charge is 0.307 e. The van der Waals surface area contributed by atoms with Crippen molar-refractivity contribution >= 4 is 17.6 Å². The molecule has 2 rings (SSSR count). The Morgan fingerprint density at radius 2 is 1.83 bits per heavy atom. The quantitative estimate of drug-likeness (QED) is 0.493. The first kappa shape index (κ1) is 16.9. The van der Waals surface area contributed by atoms with E-state index in [-0.39, 0.29) is 36.6 Å². The van der Waals surface area contributed by atoms with Gasteiger partial charge in [0.25, 0.3) is 11.6 Å². The van der Waals surface area contributed by atoms with Crippen molar-refractivity contribution in [1.82, 2.24) is 5.32 Å². The van der Waals surface area contributed by atoms with Crippen LogP contribution in [0.3, 0.4) is 0 Å². The van der Waals surface area contributed by atoms with Gasteiger partial charge in [0.15, 0.2) is 0 Å². The van der Waals surface area contributed by atoms with E-state index in [1.807, 2.05) is 0 Å². The van der Waals surface area contributed by atoms with Gasteiger partial charge in [-0.15, -0.1) is 0 Å². The number of esters is 1. The second-order valence-corrected chi connectivity index (χ2v) is 5.56. The molecule has 1 aliphatic rings. The summed E-state index contributed by atoms with van der Waals surface area (Å²) in [7, 11) is 0. The number of nitrogens with zero attached hydrogens (tertiary/aromatic N) is 1. The van der Waals surface area contributed by atoms with Gasteiger partial charge in [-0.05, 0) is 37.8 Å². The number of carbonyl (C=O) groups excluding carboxylic acids is 2. The summed E-state index contributed by atoms with van der Waals surface area (Å²) in [6.07, 6.45) is 5.35. The fourth-order valence-corrected chi connectivity index (χ4v) is 2.54. The third kappa shape index (κ3) is 5.36. The van der Waals surface area contributed by atoms with Crippen LogP contribution in [-0.2, 0) is 9.53 Å². The van der Waals surface area contributed by atoms with Gasteiger partial charge in [-0.25, -0.2) is 0 Å². The monoisotopic (exact) mass is 320 g/mol. The minimum atomic E-state index is -0.525. The number of ether oxygens (including phenoxy) is 1. The van der Waals surface area contributed by atoms with Crippen LogP contribution >= 0.6 is 0 Å². The highest BCUT2D eigenvalue weighted by atomic mass is 16.6. The summed E-state index contributed by atoms with van der Waals surface area (Å²) in [5.41, 5.74) is 0.244. The van der Waals surface area contributed by atoms with E-state index in [1.54, 1.807) is 0 Å². The molecule has 0 bridgehead atoms. The first-order valence-electron chi connectivity index (χ1n) is 7.78. The van der Waals surface area contributed by atoms with Gasteiger partial charge in [-0.3, -0.25) is 19.7 Å². The fraction of sp³-hybridized carbons (Fsp3) is 0.500. The Balaban J connectivity index is 1.71. The normalized spacial score (nSPS) is 15.0. The van der Waals surface area contributed by atoms with E-state index in [0.717, 1.165) is 25.7 Å². The molecule has 124 valence electrons. The van der Waals surface area contributed by atoms with Gasteiger partial charge >= 0.3 is 5.97 Å². The fourth-order valence-electron chi connectivity index (χ4n) is 2.54. The molecule has 1 aromatic carbocycles. The number of non-ortho nitro benzene ring substituents is 1. The third-order valence-corrected chi connectivity index (χ3v) is 3.81. The zero-order chi connectivity index (χ0) is 16.7. The van der Waals surface area contributed by atoms with Crippen molar-refractivity contribution < 1.29 is 19.2 Å². The average Bonchev–Trinajstić information content (AvgIpc) is 2.55. The molecule has 0 heterocycles. The lowest BCUT2D eigenvalue weighted by Gasteiger charge is -2.21. The first-order chi connectivity index (χ1) is 11.1. The lowest BCUT2D eigenvalue weighted by atomic mass is 9.98. The van der Waals surface area contributed by atoms with Crippen LogP contribution in [0.15, 0.2) is 24.3 Å². The average molecular weight is 320 g/mol. The standard InChI is InChI=1S/C16H20N2O5/c19-15(23-14-4-2-1-3-5-14)10-11-17-16(20)12-6-8-13(9-7-12)18(21)22/h6-9,14H,1-5,10-11H2,(H,17,20). The summed E-state index contributed by atoms with van der Waals surface area (Å²) >= 11 is 0. The van der Waals surface area contributed by atoms with Gasteiger partial charge < -0.3 is 10.1 Å². The van der Waals surface area contributed by atoms with Crippen molar-refractivity contribution in [1.29, 1.82) is 0 Å². The summed E-state index contributed by atoms with van der Waals surface area (Å²) in [5, 5.41) is 13.2. The van der Waals surface area contributed by atoms with E-state index in [4.69, 9.17) is 4.74 Å². The van der Waals surface area contributed by atoms with Crippen LogP contribution in [0.5, 0.6) is 0 Å². The van der Waals surface area contributed by atoms with Crippen molar-refractivity contribution in [2.45, 2.75) is 44.6 Å². The predicted octanol–water partition coefficient (Wildman–Crippen LogP) is 2.59. The Morgan fingerprint density at radius 3 is 2.43 bits per heavy atom. The number of hydrogen-bond acceptors (Lipinski definition) is 5. The molecule has 0 aromatic heterocycles. The number of nitro groups is 1. The molecule has 0 spiro atoms. The lowest BCUT2D eigenvalue weighted by Crippen LogP contribution is -2.28. The highest BCUT2D eigenvalue weighted by Crippen LogP contribution is 2.20. The molecule has 0 saturated heterocycles. The van der Waals surface area contributed by atoms with Crippen LogP contribution in [0, 0.1) is 10.1 Å². The second-order valence-electron chi connectivity index (χ2n) is 5.56. The van der Waals surface area contributed by atoms with Crippen molar-refractivity contribution in [3.8, 4) is 0 Å². The predicted molar refractivity (Wildman–Crippen MR) is 83.0 cm³/mol. The van der Waals surface area contributed by atoms with Crippen molar-refractivity contribution in [3.05, 3.63) is 39.9 Å². The van der Waals surface area contributed by atoms with Crippen LogP contribution in [0.4, 0.5) is 5.69 Å². The molecular weight excluding hydrogens is 300 g/mol. The number of nitrogens with one attached hydrogen (secondary N) is 1. The maximum atomic E-state index is 11.9. The molecule has 1 saturated carbocycles. The number of nitro benzene ring substituents is 1. The highest BCUT2D eigenvalue weighted by molar-refractivity contribution is 5.94.